The highest BCUT2D eigenvalue weighted by Crippen LogP contribution is 1.67. The van der Waals surface area contributed by atoms with Gasteiger partial charge in [0.1, 0.15) is 0 Å². The fourth-order valence-corrected chi connectivity index (χ4v) is 0.0833. The highest BCUT2D eigenvalue weighted by molar-refractivity contribution is 5.53. The maximum atomic E-state index is 8.56. The van der Waals surface area contributed by atoms with E-state index in [1.807, 2.05) is 0 Å². The zero-order valence-corrected chi connectivity index (χ0v) is 4.87. The molecule has 0 aromatic heterocycles. The average Bonchev–Trinajstić information content (AvgIpc) is 1.66. The summed E-state index contributed by atoms with van der Waals surface area (Å²) in [6.07, 6.45) is 5.36. The van der Waals surface area contributed by atoms with Gasteiger partial charge in [0.2, 0.25) is 0 Å². The van der Waals surface area contributed by atoms with E-state index in [1.54, 1.807) is 6.08 Å². The summed E-state index contributed by atoms with van der Waals surface area (Å²) in [7, 11) is 0. The molecule has 0 rings (SSSR count). The Morgan fingerprint density at radius 2 is 2.11 bits per heavy atom. The van der Waals surface area contributed by atoms with Crippen LogP contribution in [-0.2, 0) is 0 Å². The molecule has 0 aromatic rings. The van der Waals surface area contributed by atoms with Crippen LogP contribution >= 0.6 is 0 Å². The molecule has 0 fully saturated rings. The average molecular weight is 128 g/mol. The molecule has 0 aliphatic heterocycles. The van der Waals surface area contributed by atoms with E-state index >= 15 is 0 Å². The second-order valence-corrected chi connectivity index (χ2v) is 0.979. The number of rotatable bonds is 1. The lowest BCUT2D eigenvalue weighted by Crippen LogP contribution is -1.81. The van der Waals surface area contributed by atoms with Crippen molar-refractivity contribution in [3.05, 3.63) is 12.7 Å². The zero-order chi connectivity index (χ0) is 7.70. The number of carbonyl (C=O) groups is 1. The second kappa shape index (κ2) is 9.76. The molecule has 0 atom stereocenters. The molecule has 0 bridgehead atoms. The van der Waals surface area contributed by atoms with Gasteiger partial charge in [-0.1, -0.05) is 6.08 Å². The Kier molecular flexibility index (Phi) is 11.4. The predicted molar refractivity (Wildman–Crippen MR) is 34.3 cm³/mol. The van der Waals surface area contributed by atoms with Crippen LogP contribution in [0.4, 0.5) is 4.79 Å². The van der Waals surface area contributed by atoms with Crippen LogP contribution in [0.2, 0.25) is 0 Å². The molecule has 0 heterocycles. The van der Waals surface area contributed by atoms with E-state index in [0.29, 0.717) is 6.42 Å². The second-order valence-electron chi connectivity index (χ2n) is 0.979. The van der Waals surface area contributed by atoms with Crippen molar-refractivity contribution in [3.8, 4) is 12.3 Å². The van der Waals surface area contributed by atoms with Gasteiger partial charge >= 0.3 is 6.16 Å². The molecular weight excluding hydrogens is 120 g/mol. The minimum Gasteiger partial charge on any atom is -0.450 e. The summed E-state index contributed by atoms with van der Waals surface area (Å²) in [5.74, 6) is 2.40. The molecule has 0 saturated heterocycles. The van der Waals surface area contributed by atoms with Crippen molar-refractivity contribution in [2.75, 3.05) is 0 Å². The summed E-state index contributed by atoms with van der Waals surface area (Å²) in [5.41, 5.74) is 0. The van der Waals surface area contributed by atoms with Crippen molar-refractivity contribution in [2.24, 2.45) is 0 Å². The standard InChI is InChI=1S/C5H6.CH2O3/c1-3-5-4-2;2-1(3)4/h1,4H,2,5H2;(H2,2,3,4). The summed E-state index contributed by atoms with van der Waals surface area (Å²) >= 11 is 0. The summed E-state index contributed by atoms with van der Waals surface area (Å²) in [5, 5.41) is 13.9. The van der Waals surface area contributed by atoms with E-state index in [-0.39, 0.29) is 0 Å². The van der Waals surface area contributed by atoms with Gasteiger partial charge < -0.3 is 10.2 Å². The highest BCUT2D eigenvalue weighted by atomic mass is 16.6. The zero-order valence-electron chi connectivity index (χ0n) is 4.87. The summed E-state index contributed by atoms with van der Waals surface area (Å²) < 4.78 is 0. The van der Waals surface area contributed by atoms with Crippen LogP contribution in [0.25, 0.3) is 0 Å². The first kappa shape index (κ1) is 10.5. The summed E-state index contributed by atoms with van der Waals surface area (Å²) in [6, 6.07) is 0. The molecule has 0 spiro atoms. The van der Waals surface area contributed by atoms with Gasteiger partial charge in [-0.15, -0.1) is 18.9 Å². The van der Waals surface area contributed by atoms with Gasteiger partial charge in [0.05, 0.1) is 0 Å². The van der Waals surface area contributed by atoms with Crippen LogP contribution in [0.5, 0.6) is 0 Å². The number of hydrogen-bond donors (Lipinski definition) is 2. The van der Waals surface area contributed by atoms with Crippen molar-refractivity contribution in [1.82, 2.24) is 0 Å². The first-order valence-corrected chi connectivity index (χ1v) is 2.11. The van der Waals surface area contributed by atoms with Gasteiger partial charge in [-0.05, 0) is 0 Å². The largest absolute Gasteiger partial charge is 0.503 e. The minimum absolute atomic E-state index is 0.681. The third-order valence-electron chi connectivity index (χ3n) is 0.262. The topological polar surface area (TPSA) is 57.5 Å². The number of allylic oxidation sites excluding steroid dienone is 1. The van der Waals surface area contributed by atoms with Gasteiger partial charge in [0.25, 0.3) is 0 Å². The van der Waals surface area contributed by atoms with Crippen molar-refractivity contribution < 1.29 is 15.0 Å². The Labute approximate surface area is 53.6 Å². The Balaban J connectivity index is 0. The van der Waals surface area contributed by atoms with Crippen LogP contribution in [0, 0.1) is 12.3 Å². The Morgan fingerprint density at radius 3 is 2.11 bits per heavy atom. The van der Waals surface area contributed by atoms with E-state index in [2.05, 4.69) is 12.5 Å². The maximum absolute atomic E-state index is 8.56. The maximum Gasteiger partial charge on any atom is 0.503 e. The molecule has 0 radical (unpaired) electrons. The van der Waals surface area contributed by atoms with Crippen LogP contribution in [0.3, 0.4) is 0 Å². The first-order chi connectivity index (χ1) is 4.15. The van der Waals surface area contributed by atoms with E-state index in [1.165, 1.54) is 0 Å². The Morgan fingerprint density at radius 1 is 1.78 bits per heavy atom. The molecule has 2 N–H and O–H groups in total. The van der Waals surface area contributed by atoms with E-state index in [4.69, 9.17) is 21.4 Å². The predicted octanol–water partition coefficient (Wildman–Crippen LogP) is 1.42. The SMILES string of the molecule is C#CCC=C.O=C(O)O. The molecule has 0 amide bonds. The fourth-order valence-electron chi connectivity index (χ4n) is 0.0833. The third kappa shape index (κ3) is 422. The van der Waals surface area contributed by atoms with Gasteiger partial charge in [0.15, 0.2) is 0 Å². The number of carboxylic acid groups (broad SMARTS) is 2. The molecule has 3 heteroatoms. The summed E-state index contributed by atoms with van der Waals surface area (Å²) in [4.78, 5) is 8.56. The third-order valence-corrected chi connectivity index (χ3v) is 0.262. The fraction of sp³-hybridized carbons (Fsp3) is 0.167. The number of terminal acetylenes is 1. The molecule has 3 nitrogen and oxygen atoms in total. The Hall–Kier alpha value is -1.43. The smallest absolute Gasteiger partial charge is 0.450 e. The van der Waals surface area contributed by atoms with Crippen molar-refractivity contribution in [3.63, 3.8) is 0 Å². The van der Waals surface area contributed by atoms with Gasteiger partial charge in [-0.2, -0.15) is 0 Å². The molecule has 0 saturated carbocycles. The molecule has 0 aromatic carbocycles. The van der Waals surface area contributed by atoms with E-state index < -0.39 is 6.16 Å². The van der Waals surface area contributed by atoms with Crippen molar-refractivity contribution in [1.29, 1.82) is 0 Å². The molecule has 0 aliphatic carbocycles. The van der Waals surface area contributed by atoms with Gasteiger partial charge in [-0.25, -0.2) is 4.79 Å². The minimum atomic E-state index is -1.83. The summed E-state index contributed by atoms with van der Waals surface area (Å²) in [6.45, 7) is 3.41. The molecule has 9 heavy (non-hydrogen) atoms. The molecular formula is C6H8O3. The lowest BCUT2D eigenvalue weighted by Gasteiger charge is -1.60. The van der Waals surface area contributed by atoms with Crippen LogP contribution in [0.1, 0.15) is 6.42 Å². The van der Waals surface area contributed by atoms with Crippen molar-refractivity contribution >= 4 is 6.16 Å². The highest BCUT2D eigenvalue weighted by Gasteiger charge is 1.70. The molecule has 0 unspecified atom stereocenters. The van der Waals surface area contributed by atoms with Gasteiger partial charge in [-0.3, -0.25) is 0 Å². The normalized spacial score (nSPS) is 5.67. The van der Waals surface area contributed by atoms with Crippen LogP contribution in [-0.4, -0.2) is 16.4 Å². The van der Waals surface area contributed by atoms with Crippen LogP contribution < -0.4 is 0 Å². The van der Waals surface area contributed by atoms with E-state index in [9.17, 15) is 0 Å². The number of hydrogen-bond acceptors (Lipinski definition) is 1. The van der Waals surface area contributed by atoms with Crippen molar-refractivity contribution in [2.45, 2.75) is 6.42 Å². The monoisotopic (exact) mass is 128 g/mol. The van der Waals surface area contributed by atoms with Gasteiger partial charge in [0, 0.05) is 6.42 Å². The Bertz CT molecular complexity index is 117. The quantitative estimate of drug-likeness (QED) is 0.414. The van der Waals surface area contributed by atoms with Crippen LogP contribution in [0.15, 0.2) is 12.7 Å². The van der Waals surface area contributed by atoms with E-state index in [0.717, 1.165) is 0 Å². The molecule has 50 valence electrons. The lowest BCUT2D eigenvalue weighted by atomic mass is 10.5. The molecule has 0 aliphatic rings. The lowest BCUT2D eigenvalue weighted by molar-refractivity contribution is 0.137. The first-order valence-electron chi connectivity index (χ1n) is 2.11.